The van der Waals surface area contributed by atoms with Crippen molar-refractivity contribution in [1.29, 1.82) is 0 Å². The number of aromatic nitrogens is 2. The third kappa shape index (κ3) is 2.80. The van der Waals surface area contributed by atoms with Gasteiger partial charge in [0.2, 0.25) is 0 Å². The zero-order valence-electron chi connectivity index (χ0n) is 9.74. The zero-order chi connectivity index (χ0) is 12.3. The normalized spacial score (nSPS) is 10.7. The molecule has 0 fully saturated rings. The van der Waals surface area contributed by atoms with Crippen LogP contribution in [0.4, 0.5) is 0 Å². The summed E-state index contributed by atoms with van der Waals surface area (Å²) >= 11 is 6.07. The van der Waals surface area contributed by atoms with Crippen molar-refractivity contribution in [3.63, 3.8) is 0 Å². The van der Waals surface area contributed by atoms with Gasteiger partial charge in [0.15, 0.2) is 0 Å². The van der Waals surface area contributed by atoms with E-state index in [1.54, 1.807) is 10.7 Å². The van der Waals surface area contributed by atoms with Gasteiger partial charge in [-0.3, -0.25) is 9.89 Å². The van der Waals surface area contributed by atoms with Gasteiger partial charge in [-0.25, -0.2) is 4.68 Å². The first kappa shape index (κ1) is 12.0. The van der Waals surface area contributed by atoms with Gasteiger partial charge in [-0.2, -0.15) is 0 Å². The Morgan fingerprint density at radius 1 is 1.35 bits per heavy atom. The Hall–Kier alpha value is -1.48. The van der Waals surface area contributed by atoms with Gasteiger partial charge in [0.05, 0.1) is 6.54 Å². The number of aryl methyl sites for hydroxylation is 1. The molecule has 1 aromatic carbocycles. The highest BCUT2D eigenvalue weighted by Gasteiger charge is 2.05. The molecule has 1 heterocycles. The van der Waals surface area contributed by atoms with Crippen LogP contribution in [-0.2, 0) is 13.0 Å². The summed E-state index contributed by atoms with van der Waals surface area (Å²) in [4.78, 5) is 11.7. The molecule has 0 unspecified atom stereocenters. The Kier molecular flexibility index (Phi) is 3.69. The number of nitrogens with zero attached hydrogens (tertiary/aromatic N) is 1. The van der Waals surface area contributed by atoms with E-state index in [1.165, 1.54) is 0 Å². The summed E-state index contributed by atoms with van der Waals surface area (Å²) in [5.74, 6) is 0. The summed E-state index contributed by atoms with van der Waals surface area (Å²) < 4.78 is 1.59. The number of halogens is 1. The second kappa shape index (κ2) is 5.23. The first-order valence-electron chi connectivity index (χ1n) is 5.73. The number of hydrogen-bond donors (Lipinski definition) is 1. The number of rotatable bonds is 4. The molecule has 2 rings (SSSR count). The van der Waals surface area contributed by atoms with Gasteiger partial charge in [-0.15, -0.1) is 0 Å². The lowest BCUT2D eigenvalue weighted by Crippen LogP contribution is -2.16. The molecular formula is C13H15ClN2O. The Balaban J connectivity index is 2.24. The van der Waals surface area contributed by atoms with Crippen LogP contribution in [-0.4, -0.2) is 9.78 Å². The second-order valence-corrected chi connectivity index (χ2v) is 4.45. The van der Waals surface area contributed by atoms with E-state index in [0.29, 0.717) is 11.6 Å². The minimum atomic E-state index is -0.00614. The summed E-state index contributed by atoms with van der Waals surface area (Å²) in [6, 6.07) is 9.21. The van der Waals surface area contributed by atoms with Crippen LogP contribution in [0.1, 0.15) is 24.6 Å². The van der Waals surface area contributed by atoms with Crippen molar-refractivity contribution in [3.8, 4) is 0 Å². The molecule has 90 valence electrons. The fourth-order valence-electron chi connectivity index (χ4n) is 1.80. The fraction of sp³-hybridized carbons (Fsp3) is 0.308. The third-order valence-electron chi connectivity index (χ3n) is 2.65. The maximum atomic E-state index is 11.7. The fourth-order valence-corrected chi connectivity index (χ4v) is 2.00. The van der Waals surface area contributed by atoms with Gasteiger partial charge >= 0.3 is 0 Å². The second-order valence-electron chi connectivity index (χ2n) is 4.05. The van der Waals surface area contributed by atoms with E-state index in [4.69, 9.17) is 11.6 Å². The largest absolute Gasteiger partial charge is 0.299 e. The molecule has 0 aliphatic rings. The Bertz CT molecular complexity index is 557. The summed E-state index contributed by atoms with van der Waals surface area (Å²) in [6.45, 7) is 2.58. The van der Waals surface area contributed by atoms with E-state index >= 15 is 0 Å². The monoisotopic (exact) mass is 250 g/mol. The van der Waals surface area contributed by atoms with E-state index in [0.717, 1.165) is 24.1 Å². The maximum absolute atomic E-state index is 11.7. The van der Waals surface area contributed by atoms with E-state index in [2.05, 4.69) is 12.0 Å². The van der Waals surface area contributed by atoms with Gasteiger partial charge in [0, 0.05) is 16.8 Å². The number of benzene rings is 1. The van der Waals surface area contributed by atoms with Crippen molar-refractivity contribution < 1.29 is 0 Å². The van der Waals surface area contributed by atoms with E-state index in [-0.39, 0.29) is 5.56 Å². The summed E-state index contributed by atoms with van der Waals surface area (Å²) in [7, 11) is 0. The van der Waals surface area contributed by atoms with E-state index in [9.17, 15) is 4.79 Å². The van der Waals surface area contributed by atoms with Crippen LogP contribution in [0.25, 0.3) is 0 Å². The van der Waals surface area contributed by atoms with Gasteiger partial charge in [-0.05, 0) is 18.1 Å². The highest BCUT2D eigenvalue weighted by molar-refractivity contribution is 6.31. The molecule has 1 aromatic heterocycles. The third-order valence-corrected chi connectivity index (χ3v) is 3.02. The molecule has 4 heteroatoms. The molecule has 0 aliphatic heterocycles. The lowest BCUT2D eigenvalue weighted by atomic mass is 10.2. The van der Waals surface area contributed by atoms with Crippen LogP contribution in [0.3, 0.4) is 0 Å². The smallest absolute Gasteiger partial charge is 0.267 e. The van der Waals surface area contributed by atoms with Crippen LogP contribution in [0.15, 0.2) is 35.1 Å². The van der Waals surface area contributed by atoms with E-state index in [1.807, 2.05) is 24.3 Å². The van der Waals surface area contributed by atoms with Crippen LogP contribution >= 0.6 is 11.6 Å². The van der Waals surface area contributed by atoms with Crippen molar-refractivity contribution >= 4 is 11.6 Å². The van der Waals surface area contributed by atoms with Crippen molar-refractivity contribution in [3.05, 3.63) is 57.0 Å². The first-order valence-corrected chi connectivity index (χ1v) is 6.10. The first-order chi connectivity index (χ1) is 8.20. The lowest BCUT2D eigenvalue weighted by Gasteiger charge is -2.04. The number of H-pyrrole nitrogens is 1. The van der Waals surface area contributed by atoms with Crippen LogP contribution in [0.5, 0.6) is 0 Å². The Labute approximate surface area is 105 Å². The summed E-state index contributed by atoms with van der Waals surface area (Å²) in [6.07, 6.45) is 1.91. The lowest BCUT2D eigenvalue weighted by molar-refractivity contribution is 0.648. The van der Waals surface area contributed by atoms with E-state index < -0.39 is 0 Å². The molecule has 2 aromatic rings. The molecule has 0 spiro atoms. The SMILES string of the molecule is CCCc1cc(=O)n(Cc2ccccc2Cl)[nH]1. The predicted molar refractivity (Wildman–Crippen MR) is 69.6 cm³/mol. The molecule has 0 atom stereocenters. The molecule has 0 radical (unpaired) electrons. The zero-order valence-corrected chi connectivity index (χ0v) is 10.5. The van der Waals surface area contributed by atoms with Crippen molar-refractivity contribution in [2.24, 2.45) is 0 Å². The van der Waals surface area contributed by atoms with Crippen LogP contribution in [0.2, 0.25) is 5.02 Å². The quantitative estimate of drug-likeness (QED) is 0.890. The average Bonchev–Trinajstić information content (AvgIpc) is 2.63. The van der Waals surface area contributed by atoms with Crippen molar-refractivity contribution in [2.75, 3.05) is 0 Å². The van der Waals surface area contributed by atoms with Crippen LogP contribution < -0.4 is 5.56 Å². The van der Waals surface area contributed by atoms with Crippen LogP contribution in [0, 0.1) is 0 Å². The number of hydrogen-bond acceptors (Lipinski definition) is 1. The highest BCUT2D eigenvalue weighted by Crippen LogP contribution is 2.15. The van der Waals surface area contributed by atoms with Gasteiger partial charge in [0.25, 0.3) is 5.56 Å². The number of aromatic amines is 1. The molecule has 0 amide bonds. The van der Waals surface area contributed by atoms with Gasteiger partial charge in [0.1, 0.15) is 0 Å². The van der Waals surface area contributed by atoms with Crippen molar-refractivity contribution in [1.82, 2.24) is 9.78 Å². The number of nitrogens with one attached hydrogen (secondary N) is 1. The molecule has 0 bridgehead atoms. The molecule has 3 nitrogen and oxygen atoms in total. The molecular weight excluding hydrogens is 236 g/mol. The highest BCUT2D eigenvalue weighted by atomic mass is 35.5. The topological polar surface area (TPSA) is 37.8 Å². The molecule has 17 heavy (non-hydrogen) atoms. The Morgan fingerprint density at radius 3 is 2.82 bits per heavy atom. The Morgan fingerprint density at radius 2 is 2.12 bits per heavy atom. The molecule has 0 aliphatic carbocycles. The summed E-state index contributed by atoms with van der Waals surface area (Å²) in [5.41, 5.74) is 1.92. The standard InChI is InChI=1S/C13H15ClN2O/c1-2-5-11-8-13(17)16(15-11)9-10-6-3-4-7-12(10)14/h3-4,6-8,15H,2,5,9H2,1H3. The molecule has 0 saturated heterocycles. The maximum Gasteiger partial charge on any atom is 0.267 e. The minimum absolute atomic E-state index is 0.00614. The predicted octanol–water partition coefficient (Wildman–Crippen LogP) is 2.83. The van der Waals surface area contributed by atoms with Gasteiger partial charge in [-0.1, -0.05) is 43.1 Å². The average molecular weight is 251 g/mol. The van der Waals surface area contributed by atoms with Gasteiger partial charge < -0.3 is 0 Å². The minimum Gasteiger partial charge on any atom is -0.299 e. The molecule has 1 N–H and O–H groups in total. The molecule has 0 saturated carbocycles. The van der Waals surface area contributed by atoms with Crippen molar-refractivity contribution in [2.45, 2.75) is 26.3 Å². The summed E-state index contributed by atoms with van der Waals surface area (Å²) in [5, 5.41) is 3.79.